The van der Waals surface area contributed by atoms with Crippen LogP contribution in [0, 0.1) is 0 Å². The first-order valence-electron chi connectivity index (χ1n) is 35.8. The van der Waals surface area contributed by atoms with Crippen molar-refractivity contribution < 1.29 is 44.6 Å². The minimum absolute atomic E-state index is 0.304. The van der Waals surface area contributed by atoms with Gasteiger partial charge in [0.05, 0.1) is 27.3 Å². The van der Waals surface area contributed by atoms with E-state index in [0.29, 0.717) is 10.4 Å². The van der Waals surface area contributed by atoms with Crippen LogP contribution in [-0.4, -0.2) is 71.5 Å². The Hall–Kier alpha value is -11.6. The molecule has 0 saturated carbocycles. The molecule has 0 aliphatic carbocycles. The molecule has 2 unspecified atom stereocenters. The van der Waals surface area contributed by atoms with Gasteiger partial charge in [0.15, 0.2) is 0 Å². The van der Waals surface area contributed by atoms with Crippen molar-refractivity contribution in [2.75, 3.05) is 12.5 Å². The number of fused-ring (bicyclic) bond motifs is 35. The quantitative estimate of drug-likeness (QED) is 0.0440. The molecule has 0 aliphatic rings. The van der Waals surface area contributed by atoms with Gasteiger partial charge >= 0.3 is 22.7 Å². The maximum Gasteiger partial charge on any atom is 0.522 e. The highest BCUT2D eigenvalue weighted by Crippen LogP contribution is 2.52. The minimum atomic E-state index is -5.84. The Labute approximate surface area is 655 Å². The molecule has 4 aromatic heterocycles. The van der Waals surface area contributed by atoms with Crippen molar-refractivity contribution in [1.82, 2.24) is 15.0 Å². The van der Waals surface area contributed by atoms with Crippen LogP contribution in [0.2, 0.25) is 0 Å². The number of alkyl halides is 3. The Bertz CT molecular complexity index is 7830. The molecule has 0 aliphatic heterocycles. The fraction of sp³-hybridized carbons (Fsp3) is 0.0323. The molecule has 0 spiro atoms. The number of hydrogen-bond donors (Lipinski definition) is 6. The van der Waals surface area contributed by atoms with Crippen LogP contribution in [-0.2, 0) is 31.7 Å². The smallest absolute Gasteiger partial charge is 0.423 e. The van der Waals surface area contributed by atoms with E-state index >= 15 is 0 Å². The van der Waals surface area contributed by atoms with Gasteiger partial charge in [-0.1, -0.05) is 271 Å². The minimum Gasteiger partial charge on any atom is -0.423 e. The van der Waals surface area contributed by atoms with E-state index in [9.17, 15) is 21.6 Å². The molecule has 0 radical (unpaired) electrons. The van der Waals surface area contributed by atoms with E-state index in [2.05, 4.69) is 292 Å². The van der Waals surface area contributed by atoms with Gasteiger partial charge in [-0.25, -0.2) is 0 Å². The van der Waals surface area contributed by atoms with Crippen molar-refractivity contribution in [3.63, 3.8) is 0 Å². The van der Waals surface area contributed by atoms with E-state index in [1.165, 1.54) is 183 Å². The van der Waals surface area contributed by atoms with Crippen LogP contribution in [0.3, 0.4) is 0 Å². The van der Waals surface area contributed by atoms with Crippen molar-refractivity contribution in [1.29, 1.82) is 0 Å². The van der Waals surface area contributed by atoms with Crippen LogP contribution < -0.4 is 5.46 Å². The van der Waals surface area contributed by atoms with E-state index in [0.717, 1.165) is 26.0 Å². The second-order valence-corrected chi connectivity index (χ2v) is 33.5. The zero-order chi connectivity index (χ0) is 77.0. The Morgan fingerprint density at radius 2 is 0.679 bits per heavy atom. The predicted octanol–water partition coefficient (Wildman–Crippen LogP) is 24.4. The second kappa shape index (κ2) is 28.6. The van der Waals surface area contributed by atoms with Gasteiger partial charge in [-0.3, -0.25) is 13.0 Å². The van der Waals surface area contributed by atoms with Crippen molar-refractivity contribution >= 4 is 254 Å². The van der Waals surface area contributed by atoms with Gasteiger partial charge in [0.2, 0.25) is 0 Å². The first-order valence-corrected chi connectivity index (χ1v) is 42.0. The molecule has 19 heteroatoms. The summed E-state index contributed by atoms with van der Waals surface area (Å²) in [6.07, 6.45) is 3.26. The highest BCUT2D eigenvalue weighted by atomic mass is 79.9. The number of benzene rings is 18. The molecule has 0 saturated heterocycles. The van der Waals surface area contributed by atoms with Gasteiger partial charge < -0.3 is 25.0 Å². The molecule has 546 valence electrons. The normalized spacial score (nSPS) is 12.6. The number of aromatic nitrogens is 3. The largest absolute Gasteiger partial charge is 0.522 e. The first kappa shape index (κ1) is 72.0. The number of H-pyrrole nitrogens is 3. The first-order chi connectivity index (χ1) is 54.3. The van der Waals surface area contributed by atoms with E-state index < -0.39 is 44.3 Å². The lowest BCUT2D eigenvalue weighted by atomic mass is 9.80. The summed E-state index contributed by atoms with van der Waals surface area (Å²) in [5.74, 6) is 0. The Morgan fingerprint density at radius 3 is 1.14 bits per heavy atom. The number of aromatic amines is 3. The predicted molar refractivity (Wildman–Crippen MR) is 470 cm³/mol. The fourth-order valence-corrected chi connectivity index (χ4v) is 20.0. The summed E-state index contributed by atoms with van der Waals surface area (Å²) in [7, 11) is -9.66. The molecule has 18 aromatic carbocycles. The number of halogens is 4. The summed E-state index contributed by atoms with van der Waals surface area (Å²) in [6, 6.07) is 106. The second-order valence-electron chi connectivity index (χ2n) is 27.5. The molecular weight excluding hydrogens is 1550 g/mol. The van der Waals surface area contributed by atoms with Crippen molar-refractivity contribution in [3.8, 4) is 11.1 Å². The molecule has 0 fully saturated rings. The van der Waals surface area contributed by atoms with Gasteiger partial charge in [0.25, 0.3) is 0 Å². The summed E-state index contributed by atoms with van der Waals surface area (Å²) in [6.45, 7) is 0. The molecule has 0 amide bonds. The summed E-state index contributed by atoms with van der Waals surface area (Å²) in [5.41, 5.74) is 4.09. The SMILES string of the molecule is Brc1cc2c3ccccc3c3[nH]c4ccccc4c3c2c2ccccc12.CS(=O)c1ccccc1-c1cc2c3ccccc3c3[nH]c4ccccc4c3c2c2ccccc12.CS(=O)c1ccccc1B(O)O.O=S(=O)(O)C(F)(F)F.c1ccc2c(c1)[nH]c1c3ccccc3c3c4sc5ccccc5c4c4ccccc4c3c21. The Morgan fingerprint density at radius 1 is 0.348 bits per heavy atom. The van der Waals surface area contributed by atoms with Crippen molar-refractivity contribution in [2.45, 2.75) is 15.3 Å². The summed E-state index contributed by atoms with van der Waals surface area (Å²) in [5, 5.41) is 51.3. The van der Waals surface area contributed by atoms with Crippen LogP contribution in [0.4, 0.5) is 13.2 Å². The van der Waals surface area contributed by atoms with Crippen LogP contribution in [0.15, 0.2) is 318 Å². The molecule has 22 rings (SSSR count). The lowest BCUT2D eigenvalue weighted by Gasteiger charge is -2.16. The molecule has 112 heavy (non-hydrogen) atoms. The molecule has 6 N–H and O–H groups in total. The number of para-hydroxylation sites is 3. The lowest BCUT2D eigenvalue weighted by Crippen LogP contribution is -2.32. The van der Waals surface area contributed by atoms with Crippen LogP contribution in [0.5, 0.6) is 0 Å². The molecule has 2 atom stereocenters. The number of nitrogens with one attached hydrogen (secondary N) is 3. The lowest BCUT2D eigenvalue weighted by molar-refractivity contribution is -0.0510. The fourth-order valence-electron chi connectivity index (χ4n) is 16.6. The third-order valence-electron chi connectivity index (χ3n) is 21.2. The van der Waals surface area contributed by atoms with Crippen LogP contribution in [0.25, 0.3) is 194 Å². The molecule has 0 bridgehead atoms. The Kier molecular flexibility index (Phi) is 18.4. The topological polar surface area (TPSA) is 176 Å². The van der Waals surface area contributed by atoms with E-state index in [1.807, 2.05) is 29.5 Å². The zero-order valence-electron chi connectivity index (χ0n) is 59.6. The van der Waals surface area contributed by atoms with Crippen molar-refractivity contribution in [3.05, 3.63) is 308 Å². The summed E-state index contributed by atoms with van der Waals surface area (Å²) in [4.78, 5) is 12.5. The van der Waals surface area contributed by atoms with Crippen LogP contribution in [0.1, 0.15) is 0 Å². The van der Waals surface area contributed by atoms with Gasteiger partial charge in [-0.2, -0.15) is 21.6 Å². The van der Waals surface area contributed by atoms with E-state index in [4.69, 9.17) is 23.0 Å². The third-order valence-corrected chi connectivity index (χ3v) is 25.6. The molecule has 22 aromatic rings. The molecular formula is C93H62BBrF3N3O7S4. The van der Waals surface area contributed by atoms with Crippen LogP contribution >= 0.6 is 27.3 Å². The van der Waals surface area contributed by atoms with Gasteiger partial charge in [-0.05, 0) is 124 Å². The number of rotatable bonds is 4. The zero-order valence-corrected chi connectivity index (χ0v) is 64.4. The average molecular weight is 1610 g/mol. The molecule has 10 nitrogen and oxygen atoms in total. The maximum atomic E-state index is 12.6. The highest BCUT2D eigenvalue weighted by molar-refractivity contribution is 9.10. The van der Waals surface area contributed by atoms with Gasteiger partial charge in [0.1, 0.15) is 0 Å². The molecule has 4 heterocycles. The monoisotopic (exact) mass is 1610 g/mol. The Balaban J connectivity index is 0.000000105. The summed E-state index contributed by atoms with van der Waals surface area (Å²) < 4.78 is 85.1. The van der Waals surface area contributed by atoms with E-state index in [-0.39, 0.29) is 0 Å². The van der Waals surface area contributed by atoms with Gasteiger partial charge in [0, 0.05) is 144 Å². The standard InChI is InChI=1S/C31H21NOS.C30H17NS.C24H14BrN.C7H9BO3S.CHF3O3S/c1-34(33)28-17-9-7-12-21(28)25-18-26-20-11-3-5-14-23(20)31-30(24-15-6-8-16-27(24)32-31)29(26)22-13-4-2-10-19(22)25;1-2-10-18-17(9-1)25-22-14-6-8-16-24(22)32-30(25)28-19-11-3-4-12-20(19)29-27(26(18)28)21-13-5-7-15-23(21)31-29;25-20-13-19-14-7-1-4-10-17(14)24-23(18-11-5-6-12-21(18)26-24)22(19)16-9-3-2-8-15(16)20;1-12(11)7-5-3-2-4-6(7)8(9)10;2-1(3,4)8(5,6)7/h2-18,32H,1H3;1-16,31H;1-13,26H;2-5,9-10H,1H3;(H,5,6,7). The number of hydrogen-bond acceptors (Lipinski definition) is 7. The maximum absolute atomic E-state index is 12.6. The average Bonchev–Trinajstić information content (AvgIpc) is 1.49. The summed E-state index contributed by atoms with van der Waals surface area (Å²) >= 11 is 5.73. The van der Waals surface area contributed by atoms with E-state index in [1.54, 1.807) is 30.5 Å². The third kappa shape index (κ3) is 12.1. The van der Waals surface area contributed by atoms with Crippen molar-refractivity contribution in [2.24, 2.45) is 0 Å². The van der Waals surface area contributed by atoms with Gasteiger partial charge in [-0.15, -0.1) is 11.3 Å². The number of thiophene rings is 1. The highest BCUT2D eigenvalue weighted by Gasteiger charge is 2.44.